The van der Waals surface area contributed by atoms with E-state index in [0.717, 1.165) is 0 Å². The predicted molar refractivity (Wildman–Crippen MR) is 54.9 cm³/mol. The zero-order chi connectivity index (χ0) is 9.68. The van der Waals surface area contributed by atoms with Gasteiger partial charge in [0.05, 0.1) is 11.0 Å². The third kappa shape index (κ3) is 2.72. The fraction of sp³-hybridized carbons (Fsp3) is 0.111. The lowest BCUT2D eigenvalue weighted by molar-refractivity contribution is 0.630. The molecule has 0 aliphatic heterocycles. The van der Waals surface area contributed by atoms with E-state index in [-0.39, 0.29) is 5.69 Å². The molecule has 0 atom stereocenters. The molecule has 0 bridgehead atoms. The smallest absolute Gasteiger partial charge is 0.148 e. The van der Waals surface area contributed by atoms with Gasteiger partial charge in [-0.1, -0.05) is 27.8 Å². The Morgan fingerprint density at radius 2 is 2.31 bits per heavy atom. The Labute approximate surface area is 84.4 Å². The lowest BCUT2D eigenvalue weighted by Crippen LogP contribution is -2.08. The van der Waals surface area contributed by atoms with Crippen LogP contribution in [0.1, 0.15) is 5.56 Å². The molecule has 0 spiro atoms. The number of benzene rings is 1. The third-order valence-corrected chi connectivity index (χ3v) is 1.70. The zero-order valence-electron chi connectivity index (χ0n) is 6.77. The number of nitrogens with two attached hydrogens (primary N) is 1. The molecule has 0 fully saturated rings. The number of rotatable bonds is 1. The Balaban J connectivity index is 2.96. The highest BCUT2D eigenvalue weighted by Gasteiger charge is 1.99. The highest BCUT2D eigenvalue weighted by atomic mass is 79.9. The van der Waals surface area contributed by atoms with Gasteiger partial charge in [-0.15, -0.1) is 0 Å². The van der Waals surface area contributed by atoms with Crippen LogP contribution in [0.2, 0.25) is 0 Å². The van der Waals surface area contributed by atoms with E-state index in [4.69, 9.17) is 5.84 Å². The summed E-state index contributed by atoms with van der Waals surface area (Å²) in [5.74, 6) is 10.2. The second-order valence-corrected chi connectivity index (χ2v) is 2.84. The van der Waals surface area contributed by atoms with Gasteiger partial charge in [0.15, 0.2) is 0 Å². The van der Waals surface area contributed by atoms with Crippen LogP contribution in [0.15, 0.2) is 18.2 Å². The molecule has 68 valence electrons. The molecule has 0 unspecified atom stereocenters. The summed E-state index contributed by atoms with van der Waals surface area (Å²) >= 11 is 3.15. The number of nitrogen functional groups attached to an aromatic ring is 1. The Morgan fingerprint density at radius 1 is 1.54 bits per heavy atom. The number of anilines is 1. The molecule has 0 saturated carbocycles. The van der Waals surface area contributed by atoms with Gasteiger partial charge in [0.25, 0.3) is 0 Å². The van der Waals surface area contributed by atoms with Gasteiger partial charge in [0.1, 0.15) is 5.82 Å². The number of hydrogen-bond donors (Lipinski definition) is 2. The summed E-state index contributed by atoms with van der Waals surface area (Å²) in [7, 11) is 0. The van der Waals surface area contributed by atoms with Crippen molar-refractivity contribution in [2.75, 3.05) is 10.8 Å². The van der Waals surface area contributed by atoms with Crippen LogP contribution in [0.3, 0.4) is 0 Å². The van der Waals surface area contributed by atoms with Crippen molar-refractivity contribution < 1.29 is 4.39 Å². The average molecular weight is 243 g/mol. The van der Waals surface area contributed by atoms with Crippen molar-refractivity contribution in [1.29, 1.82) is 0 Å². The molecular weight excluding hydrogens is 235 g/mol. The molecule has 13 heavy (non-hydrogen) atoms. The van der Waals surface area contributed by atoms with E-state index in [1.807, 2.05) is 0 Å². The van der Waals surface area contributed by atoms with E-state index < -0.39 is 5.82 Å². The predicted octanol–water partition coefficient (Wildman–Crippen LogP) is 1.86. The molecule has 1 aromatic carbocycles. The minimum absolute atomic E-state index is 0.268. The van der Waals surface area contributed by atoms with Crippen LogP contribution in [0, 0.1) is 17.7 Å². The first-order valence-electron chi connectivity index (χ1n) is 3.59. The van der Waals surface area contributed by atoms with Crippen molar-refractivity contribution in [3.8, 4) is 11.8 Å². The van der Waals surface area contributed by atoms with E-state index in [1.54, 1.807) is 12.1 Å². The number of halogens is 2. The number of alkyl halides is 1. The monoisotopic (exact) mass is 242 g/mol. The molecule has 0 heterocycles. The van der Waals surface area contributed by atoms with Crippen LogP contribution in [-0.2, 0) is 0 Å². The molecule has 0 aliphatic rings. The first-order valence-corrected chi connectivity index (χ1v) is 4.71. The summed E-state index contributed by atoms with van der Waals surface area (Å²) in [6, 6.07) is 4.59. The van der Waals surface area contributed by atoms with Crippen molar-refractivity contribution >= 4 is 21.6 Å². The van der Waals surface area contributed by atoms with Crippen LogP contribution in [0.4, 0.5) is 10.1 Å². The Hall–Kier alpha value is -1.05. The summed E-state index contributed by atoms with van der Waals surface area (Å²) in [5, 5.41) is 0.575. The minimum Gasteiger partial charge on any atom is -0.321 e. The van der Waals surface area contributed by atoms with Gasteiger partial charge in [0.2, 0.25) is 0 Å². The van der Waals surface area contributed by atoms with E-state index in [0.29, 0.717) is 10.9 Å². The van der Waals surface area contributed by atoms with E-state index >= 15 is 0 Å². The van der Waals surface area contributed by atoms with Crippen molar-refractivity contribution in [3.63, 3.8) is 0 Å². The highest BCUT2D eigenvalue weighted by molar-refractivity contribution is 9.09. The van der Waals surface area contributed by atoms with E-state index in [1.165, 1.54) is 6.07 Å². The van der Waals surface area contributed by atoms with Crippen LogP contribution in [0.25, 0.3) is 0 Å². The van der Waals surface area contributed by atoms with Crippen molar-refractivity contribution in [2.24, 2.45) is 5.84 Å². The Kier molecular flexibility index (Phi) is 3.74. The van der Waals surface area contributed by atoms with E-state index in [2.05, 4.69) is 33.2 Å². The van der Waals surface area contributed by atoms with Gasteiger partial charge in [-0.05, 0) is 18.2 Å². The van der Waals surface area contributed by atoms with Gasteiger partial charge >= 0.3 is 0 Å². The van der Waals surface area contributed by atoms with Gasteiger partial charge in [-0.25, -0.2) is 4.39 Å². The molecule has 3 N–H and O–H groups in total. The van der Waals surface area contributed by atoms with Gasteiger partial charge < -0.3 is 5.43 Å². The lowest BCUT2D eigenvalue weighted by atomic mass is 10.2. The SMILES string of the molecule is NNc1ccc(C#CCBr)cc1F. The van der Waals surface area contributed by atoms with Gasteiger partial charge in [-0.3, -0.25) is 5.84 Å². The summed E-state index contributed by atoms with van der Waals surface area (Å²) < 4.78 is 13.1. The fourth-order valence-electron chi connectivity index (χ4n) is 0.845. The maximum Gasteiger partial charge on any atom is 0.148 e. The molecule has 0 amide bonds. The fourth-order valence-corrected chi connectivity index (χ4v) is 0.986. The highest BCUT2D eigenvalue weighted by Crippen LogP contribution is 2.13. The minimum atomic E-state index is -0.399. The Morgan fingerprint density at radius 3 is 2.85 bits per heavy atom. The van der Waals surface area contributed by atoms with Gasteiger partial charge in [-0.2, -0.15) is 0 Å². The normalized spacial score (nSPS) is 8.85. The zero-order valence-corrected chi connectivity index (χ0v) is 8.36. The maximum absolute atomic E-state index is 13.1. The van der Waals surface area contributed by atoms with Crippen molar-refractivity contribution in [1.82, 2.24) is 0 Å². The van der Waals surface area contributed by atoms with Crippen molar-refractivity contribution in [3.05, 3.63) is 29.6 Å². The third-order valence-electron chi connectivity index (χ3n) is 1.42. The molecule has 1 aromatic rings. The van der Waals surface area contributed by atoms with Crippen LogP contribution < -0.4 is 11.3 Å². The number of hydrazine groups is 1. The molecule has 2 nitrogen and oxygen atoms in total. The molecule has 0 aliphatic carbocycles. The van der Waals surface area contributed by atoms with E-state index in [9.17, 15) is 4.39 Å². The van der Waals surface area contributed by atoms with Crippen molar-refractivity contribution in [2.45, 2.75) is 0 Å². The molecular formula is C9H8BrFN2. The summed E-state index contributed by atoms with van der Waals surface area (Å²) in [6.07, 6.45) is 0. The number of hydrogen-bond acceptors (Lipinski definition) is 2. The first-order chi connectivity index (χ1) is 6.27. The molecule has 0 aromatic heterocycles. The summed E-state index contributed by atoms with van der Waals surface area (Å²) in [6.45, 7) is 0. The maximum atomic E-state index is 13.1. The first kappa shape index (κ1) is 10.0. The van der Waals surface area contributed by atoms with Crippen LogP contribution >= 0.6 is 15.9 Å². The molecule has 4 heteroatoms. The van der Waals surface area contributed by atoms with Crippen LogP contribution in [0.5, 0.6) is 0 Å². The van der Waals surface area contributed by atoms with Gasteiger partial charge in [0, 0.05) is 5.56 Å². The second kappa shape index (κ2) is 4.85. The standard InChI is InChI=1S/C9H8BrFN2/c10-5-1-2-7-3-4-9(13-12)8(11)6-7/h3-4,6,13H,5,12H2. The molecule has 0 radical (unpaired) electrons. The quantitative estimate of drug-likeness (QED) is 0.342. The summed E-state index contributed by atoms with van der Waals surface area (Å²) in [5.41, 5.74) is 3.15. The van der Waals surface area contributed by atoms with Crippen LogP contribution in [-0.4, -0.2) is 5.33 Å². The summed E-state index contributed by atoms with van der Waals surface area (Å²) in [4.78, 5) is 0. The average Bonchev–Trinajstić information content (AvgIpc) is 2.15. The topological polar surface area (TPSA) is 38.0 Å². The second-order valence-electron chi connectivity index (χ2n) is 2.27. The largest absolute Gasteiger partial charge is 0.321 e. The lowest BCUT2D eigenvalue weighted by Gasteiger charge is -2.00. The number of nitrogens with one attached hydrogen (secondary N) is 1. The Bertz CT molecular complexity index is 354. The molecule has 1 rings (SSSR count). The molecule has 0 saturated heterocycles.